The van der Waals surface area contributed by atoms with Gasteiger partial charge < -0.3 is 5.32 Å². The van der Waals surface area contributed by atoms with Crippen molar-refractivity contribution in [3.05, 3.63) is 0 Å². The second-order valence-electron chi connectivity index (χ2n) is 5.36. The van der Waals surface area contributed by atoms with Gasteiger partial charge in [0.05, 0.1) is 11.5 Å². The number of rotatable bonds is 4. The molecule has 4 nitrogen and oxygen atoms in total. The number of nitrogens with one attached hydrogen (secondary N) is 1. The van der Waals surface area contributed by atoms with Crippen LogP contribution in [0.1, 0.15) is 25.7 Å². The lowest BCUT2D eigenvalue weighted by atomic mass is 9.96. The Labute approximate surface area is 105 Å². The monoisotopic (exact) mass is 260 g/mol. The van der Waals surface area contributed by atoms with Crippen molar-refractivity contribution >= 4 is 9.84 Å². The van der Waals surface area contributed by atoms with Gasteiger partial charge in [0.15, 0.2) is 9.84 Å². The maximum atomic E-state index is 11.5. The fraction of sp³-hybridized carbons (Fsp3) is 1.00. The summed E-state index contributed by atoms with van der Waals surface area (Å²) in [6.45, 7) is 2.45. The molecule has 1 atom stereocenters. The Morgan fingerprint density at radius 3 is 2.35 bits per heavy atom. The van der Waals surface area contributed by atoms with E-state index in [1.54, 1.807) is 0 Å². The van der Waals surface area contributed by atoms with Crippen LogP contribution in [0.25, 0.3) is 0 Å². The summed E-state index contributed by atoms with van der Waals surface area (Å²) in [5, 5.41) is 3.27. The molecule has 1 heterocycles. The van der Waals surface area contributed by atoms with Crippen molar-refractivity contribution in [2.75, 3.05) is 38.2 Å². The lowest BCUT2D eigenvalue weighted by Crippen LogP contribution is -2.52. The summed E-state index contributed by atoms with van der Waals surface area (Å²) in [4.78, 5) is 2.40. The van der Waals surface area contributed by atoms with Crippen LogP contribution in [-0.4, -0.2) is 57.5 Å². The largest absolute Gasteiger partial charge is 0.318 e. The molecule has 5 heteroatoms. The Balaban J connectivity index is 1.96. The summed E-state index contributed by atoms with van der Waals surface area (Å²) >= 11 is 0. The average Bonchev–Trinajstić information content (AvgIpc) is 2.80. The number of sulfone groups is 1. The molecule has 0 amide bonds. The molecule has 1 aliphatic carbocycles. The zero-order valence-corrected chi connectivity index (χ0v) is 11.5. The van der Waals surface area contributed by atoms with Crippen LogP contribution in [0.5, 0.6) is 0 Å². The molecule has 2 rings (SSSR count). The highest BCUT2D eigenvalue weighted by Gasteiger charge is 2.32. The SMILES string of the molecule is CNCC(C1CCCC1)N1CCS(=O)(=O)CC1. The quantitative estimate of drug-likeness (QED) is 0.799. The van der Waals surface area contributed by atoms with Crippen LogP contribution in [0.4, 0.5) is 0 Å². The molecule has 1 N–H and O–H groups in total. The first-order valence-corrected chi connectivity index (χ1v) is 8.53. The van der Waals surface area contributed by atoms with Gasteiger partial charge in [-0.25, -0.2) is 8.42 Å². The molecule has 0 aromatic rings. The molecule has 17 heavy (non-hydrogen) atoms. The minimum atomic E-state index is -2.75. The lowest BCUT2D eigenvalue weighted by Gasteiger charge is -2.37. The highest BCUT2D eigenvalue weighted by atomic mass is 32.2. The second kappa shape index (κ2) is 5.67. The maximum absolute atomic E-state index is 11.5. The smallest absolute Gasteiger partial charge is 0.152 e. The van der Waals surface area contributed by atoms with E-state index >= 15 is 0 Å². The predicted molar refractivity (Wildman–Crippen MR) is 69.9 cm³/mol. The molecule has 1 saturated carbocycles. The van der Waals surface area contributed by atoms with Crippen molar-refractivity contribution in [2.24, 2.45) is 5.92 Å². The molecule has 0 bridgehead atoms. The maximum Gasteiger partial charge on any atom is 0.152 e. The van der Waals surface area contributed by atoms with E-state index < -0.39 is 9.84 Å². The fourth-order valence-electron chi connectivity index (χ4n) is 3.20. The van der Waals surface area contributed by atoms with E-state index in [0.717, 1.165) is 25.6 Å². The molecule has 2 fully saturated rings. The Morgan fingerprint density at radius 2 is 1.82 bits per heavy atom. The van der Waals surface area contributed by atoms with Crippen LogP contribution < -0.4 is 5.32 Å². The lowest BCUT2D eigenvalue weighted by molar-refractivity contribution is 0.152. The van der Waals surface area contributed by atoms with Crippen LogP contribution in [0, 0.1) is 5.92 Å². The Hall–Kier alpha value is -0.130. The minimum absolute atomic E-state index is 0.347. The third-order valence-electron chi connectivity index (χ3n) is 4.21. The third-order valence-corrected chi connectivity index (χ3v) is 5.81. The third kappa shape index (κ3) is 3.42. The molecule has 100 valence electrons. The van der Waals surface area contributed by atoms with E-state index in [0.29, 0.717) is 17.5 Å². The zero-order valence-electron chi connectivity index (χ0n) is 10.7. The van der Waals surface area contributed by atoms with E-state index in [1.807, 2.05) is 7.05 Å². The van der Waals surface area contributed by atoms with Crippen LogP contribution in [-0.2, 0) is 9.84 Å². The van der Waals surface area contributed by atoms with Gasteiger partial charge in [-0.05, 0) is 25.8 Å². The fourth-order valence-corrected chi connectivity index (χ4v) is 4.43. The van der Waals surface area contributed by atoms with Crippen LogP contribution >= 0.6 is 0 Å². The average molecular weight is 260 g/mol. The zero-order chi connectivity index (χ0) is 12.3. The van der Waals surface area contributed by atoms with Gasteiger partial charge in [0.25, 0.3) is 0 Å². The first kappa shape index (κ1) is 13.3. The number of likely N-dealkylation sites (N-methyl/N-ethyl adjacent to an activating group) is 1. The Kier molecular flexibility index (Phi) is 4.44. The molecule has 1 saturated heterocycles. The second-order valence-corrected chi connectivity index (χ2v) is 7.66. The van der Waals surface area contributed by atoms with Crippen molar-refractivity contribution in [1.29, 1.82) is 0 Å². The van der Waals surface area contributed by atoms with Crippen LogP contribution in [0.15, 0.2) is 0 Å². The normalized spacial score (nSPS) is 28.3. The van der Waals surface area contributed by atoms with Gasteiger partial charge >= 0.3 is 0 Å². The highest BCUT2D eigenvalue weighted by Crippen LogP contribution is 2.30. The summed E-state index contributed by atoms with van der Waals surface area (Å²) < 4.78 is 22.9. The van der Waals surface area contributed by atoms with Gasteiger partial charge in [-0.1, -0.05) is 12.8 Å². The van der Waals surface area contributed by atoms with E-state index in [2.05, 4.69) is 10.2 Å². The number of nitrogens with zero attached hydrogens (tertiary/aromatic N) is 1. The van der Waals surface area contributed by atoms with Crippen molar-refractivity contribution < 1.29 is 8.42 Å². The van der Waals surface area contributed by atoms with Crippen LogP contribution in [0.3, 0.4) is 0 Å². The van der Waals surface area contributed by atoms with E-state index in [4.69, 9.17) is 0 Å². The summed E-state index contributed by atoms with van der Waals surface area (Å²) in [5.74, 6) is 1.46. The highest BCUT2D eigenvalue weighted by molar-refractivity contribution is 7.91. The van der Waals surface area contributed by atoms with Gasteiger partial charge in [-0.15, -0.1) is 0 Å². The molecule has 0 aromatic carbocycles. The molecular formula is C12H24N2O2S. The first-order chi connectivity index (χ1) is 8.12. The summed E-state index contributed by atoms with van der Waals surface area (Å²) in [6.07, 6.45) is 5.32. The summed E-state index contributed by atoms with van der Waals surface area (Å²) in [6, 6.07) is 0.540. The molecule has 2 aliphatic rings. The van der Waals surface area contributed by atoms with Gasteiger partial charge in [-0.3, -0.25) is 4.90 Å². The van der Waals surface area contributed by atoms with Crippen molar-refractivity contribution in [1.82, 2.24) is 10.2 Å². The van der Waals surface area contributed by atoms with Gasteiger partial charge in [-0.2, -0.15) is 0 Å². The van der Waals surface area contributed by atoms with Crippen molar-refractivity contribution in [3.63, 3.8) is 0 Å². The Bertz CT molecular complexity index is 322. The molecule has 0 aromatic heterocycles. The Morgan fingerprint density at radius 1 is 1.24 bits per heavy atom. The van der Waals surface area contributed by atoms with E-state index in [9.17, 15) is 8.42 Å². The molecule has 1 unspecified atom stereocenters. The molecule has 1 aliphatic heterocycles. The standard InChI is InChI=1S/C12H24N2O2S/c1-13-10-12(11-4-2-3-5-11)14-6-8-17(15,16)9-7-14/h11-13H,2-10H2,1H3. The van der Waals surface area contributed by atoms with Crippen LogP contribution in [0.2, 0.25) is 0 Å². The molecule has 0 radical (unpaired) electrons. The van der Waals surface area contributed by atoms with Crippen molar-refractivity contribution in [3.8, 4) is 0 Å². The molecular weight excluding hydrogens is 236 g/mol. The minimum Gasteiger partial charge on any atom is -0.318 e. The number of hydrogen-bond donors (Lipinski definition) is 1. The topological polar surface area (TPSA) is 49.4 Å². The summed E-state index contributed by atoms with van der Waals surface area (Å²) in [5.41, 5.74) is 0. The van der Waals surface area contributed by atoms with Gasteiger partial charge in [0, 0.05) is 25.7 Å². The first-order valence-electron chi connectivity index (χ1n) is 6.71. The predicted octanol–water partition coefficient (Wildman–Crippen LogP) is 0.495. The summed E-state index contributed by atoms with van der Waals surface area (Å²) in [7, 11) is -0.761. The number of hydrogen-bond acceptors (Lipinski definition) is 4. The molecule has 0 spiro atoms. The van der Waals surface area contributed by atoms with E-state index in [-0.39, 0.29) is 0 Å². The van der Waals surface area contributed by atoms with Gasteiger partial charge in [0.1, 0.15) is 0 Å². The van der Waals surface area contributed by atoms with Crippen molar-refractivity contribution in [2.45, 2.75) is 31.7 Å². The van der Waals surface area contributed by atoms with E-state index in [1.165, 1.54) is 25.7 Å². The van der Waals surface area contributed by atoms with Gasteiger partial charge in [0.2, 0.25) is 0 Å².